The first-order valence-electron chi connectivity index (χ1n) is 8.36. The fourth-order valence-electron chi connectivity index (χ4n) is 2.71. The molecule has 0 aromatic heterocycles. The molecule has 1 aromatic carbocycles. The van der Waals surface area contributed by atoms with Crippen molar-refractivity contribution in [2.45, 2.75) is 37.4 Å². The van der Waals surface area contributed by atoms with E-state index in [1.165, 1.54) is 12.1 Å². The summed E-state index contributed by atoms with van der Waals surface area (Å²) < 4.78 is 0. The van der Waals surface area contributed by atoms with Crippen LogP contribution in [0.1, 0.15) is 18.4 Å². The molecule has 1 fully saturated rings. The molecule has 1 aliphatic heterocycles. The number of hydrogen-bond acceptors (Lipinski definition) is 6. The third kappa shape index (κ3) is 5.43. The molecule has 0 spiro atoms. The molecule has 142 valence electrons. The second kappa shape index (κ2) is 9.16. The molecule has 9 heteroatoms. The molecule has 3 unspecified atom stereocenters. The predicted molar refractivity (Wildman–Crippen MR) is 91.4 cm³/mol. The van der Waals surface area contributed by atoms with Crippen LogP contribution < -0.4 is 16.0 Å². The number of phenols is 1. The molecule has 9 nitrogen and oxygen atoms in total. The van der Waals surface area contributed by atoms with Crippen LogP contribution in [0.15, 0.2) is 24.3 Å². The van der Waals surface area contributed by atoms with Gasteiger partial charge in [-0.25, -0.2) is 4.79 Å². The van der Waals surface area contributed by atoms with Crippen LogP contribution in [-0.2, 0) is 20.8 Å². The lowest BCUT2D eigenvalue weighted by Crippen LogP contribution is -2.56. The Morgan fingerprint density at radius 1 is 1.15 bits per heavy atom. The first-order valence-corrected chi connectivity index (χ1v) is 8.36. The molecule has 26 heavy (non-hydrogen) atoms. The van der Waals surface area contributed by atoms with Gasteiger partial charge in [0, 0.05) is 6.42 Å². The predicted octanol–water partition coefficient (Wildman–Crippen LogP) is -1.27. The first kappa shape index (κ1) is 19.7. The van der Waals surface area contributed by atoms with Crippen molar-refractivity contribution < 1.29 is 29.7 Å². The minimum Gasteiger partial charge on any atom is -0.508 e. The van der Waals surface area contributed by atoms with Crippen molar-refractivity contribution in [1.82, 2.24) is 16.0 Å². The van der Waals surface area contributed by atoms with Crippen molar-refractivity contribution in [3.05, 3.63) is 29.8 Å². The number of benzene rings is 1. The number of phenolic OH excluding ortho intramolecular Hbond substituents is 1. The third-order valence-electron chi connectivity index (χ3n) is 4.18. The highest BCUT2D eigenvalue weighted by atomic mass is 16.4. The van der Waals surface area contributed by atoms with Crippen molar-refractivity contribution in [2.75, 3.05) is 13.2 Å². The maximum Gasteiger partial charge on any atom is 0.326 e. The molecule has 1 heterocycles. The van der Waals surface area contributed by atoms with Crippen LogP contribution >= 0.6 is 0 Å². The molecule has 1 aromatic rings. The first-order chi connectivity index (χ1) is 12.4. The zero-order valence-corrected chi connectivity index (χ0v) is 14.1. The highest BCUT2D eigenvalue weighted by molar-refractivity contribution is 5.92. The van der Waals surface area contributed by atoms with Crippen molar-refractivity contribution >= 4 is 17.8 Å². The van der Waals surface area contributed by atoms with Gasteiger partial charge in [0.25, 0.3) is 0 Å². The Labute approximate surface area is 150 Å². The van der Waals surface area contributed by atoms with Crippen LogP contribution in [-0.4, -0.2) is 64.4 Å². The Morgan fingerprint density at radius 2 is 1.85 bits per heavy atom. The minimum absolute atomic E-state index is 0.00235. The van der Waals surface area contributed by atoms with Gasteiger partial charge in [-0.3, -0.25) is 9.59 Å². The second-order valence-electron chi connectivity index (χ2n) is 6.16. The minimum atomic E-state index is -1.24. The summed E-state index contributed by atoms with van der Waals surface area (Å²) in [7, 11) is 0. The summed E-state index contributed by atoms with van der Waals surface area (Å²) in [6.07, 6.45) is 1.49. The Kier molecular flexibility index (Phi) is 6.93. The summed E-state index contributed by atoms with van der Waals surface area (Å²) in [6.45, 7) is 0.0671. The Bertz CT molecular complexity index is 642. The molecule has 0 aliphatic carbocycles. The van der Waals surface area contributed by atoms with Gasteiger partial charge >= 0.3 is 5.97 Å². The summed E-state index contributed by atoms with van der Waals surface area (Å²) in [5.41, 5.74) is 0.607. The van der Waals surface area contributed by atoms with Gasteiger partial charge < -0.3 is 31.3 Å². The van der Waals surface area contributed by atoms with Crippen LogP contribution in [0, 0.1) is 0 Å². The summed E-state index contributed by atoms with van der Waals surface area (Å²) in [5, 5.41) is 35.7. The number of rotatable bonds is 8. The molecular weight excluding hydrogens is 342 g/mol. The number of carbonyl (C=O) groups is 3. The zero-order valence-electron chi connectivity index (χ0n) is 14.1. The maximum absolute atomic E-state index is 12.3. The Balaban J connectivity index is 1.96. The highest BCUT2D eigenvalue weighted by Gasteiger charge is 2.29. The van der Waals surface area contributed by atoms with Gasteiger partial charge in [0.15, 0.2) is 0 Å². The van der Waals surface area contributed by atoms with Crippen molar-refractivity contribution in [2.24, 2.45) is 0 Å². The molecule has 0 saturated carbocycles. The van der Waals surface area contributed by atoms with Crippen molar-refractivity contribution in [1.29, 1.82) is 0 Å². The number of aliphatic carboxylic acids is 1. The van der Waals surface area contributed by atoms with Crippen LogP contribution in [0.25, 0.3) is 0 Å². The van der Waals surface area contributed by atoms with Crippen molar-refractivity contribution in [3.8, 4) is 5.75 Å². The van der Waals surface area contributed by atoms with Crippen LogP contribution in [0.3, 0.4) is 0 Å². The normalized spacial score (nSPS) is 18.7. The van der Waals surface area contributed by atoms with E-state index in [-0.39, 0.29) is 12.2 Å². The van der Waals surface area contributed by atoms with E-state index in [0.717, 1.165) is 6.42 Å². The number of aromatic hydroxyl groups is 1. The molecule has 0 radical (unpaired) electrons. The van der Waals surface area contributed by atoms with Crippen molar-refractivity contribution in [3.63, 3.8) is 0 Å². The zero-order chi connectivity index (χ0) is 19.1. The topological polar surface area (TPSA) is 148 Å². The smallest absolute Gasteiger partial charge is 0.326 e. The molecule has 2 rings (SSSR count). The Morgan fingerprint density at radius 3 is 2.38 bits per heavy atom. The Hall–Kier alpha value is -2.65. The lowest BCUT2D eigenvalue weighted by atomic mass is 10.1. The van der Waals surface area contributed by atoms with Gasteiger partial charge in [-0.15, -0.1) is 0 Å². The maximum atomic E-state index is 12.3. The fraction of sp³-hybridized carbons (Fsp3) is 0.471. The van der Waals surface area contributed by atoms with Crippen LogP contribution in [0.4, 0.5) is 0 Å². The summed E-state index contributed by atoms with van der Waals surface area (Å²) in [4.78, 5) is 35.8. The van der Waals surface area contributed by atoms with E-state index >= 15 is 0 Å². The standard InChI is InChI=1S/C17H23N3O6/c21-9-14(20-15(23)12-2-1-7-18-12)16(24)19-13(17(25)26)8-10-3-5-11(22)6-4-10/h3-6,12-14,18,21-22H,1-2,7-9H2,(H,19,24)(H,20,23)(H,25,26). The van der Waals surface area contributed by atoms with Gasteiger partial charge in [0.2, 0.25) is 11.8 Å². The third-order valence-corrected chi connectivity index (χ3v) is 4.18. The molecular formula is C17H23N3O6. The average Bonchev–Trinajstić information content (AvgIpc) is 3.15. The lowest BCUT2D eigenvalue weighted by molar-refractivity contribution is -0.142. The molecule has 6 N–H and O–H groups in total. The van der Waals surface area contributed by atoms with Crippen LogP contribution in [0.2, 0.25) is 0 Å². The van der Waals surface area contributed by atoms with Gasteiger partial charge in [-0.1, -0.05) is 12.1 Å². The van der Waals surface area contributed by atoms with E-state index in [0.29, 0.717) is 18.5 Å². The molecule has 2 amide bonds. The lowest BCUT2D eigenvalue weighted by Gasteiger charge is -2.21. The van der Waals surface area contributed by atoms with Gasteiger partial charge in [-0.2, -0.15) is 0 Å². The number of carboxylic acid groups (broad SMARTS) is 1. The average molecular weight is 365 g/mol. The van der Waals surface area contributed by atoms with E-state index in [9.17, 15) is 29.7 Å². The quantitative estimate of drug-likeness (QED) is 0.337. The molecule has 1 saturated heterocycles. The monoisotopic (exact) mass is 365 g/mol. The van der Waals surface area contributed by atoms with E-state index in [1.807, 2.05) is 0 Å². The van der Waals surface area contributed by atoms with E-state index in [2.05, 4.69) is 16.0 Å². The summed E-state index contributed by atoms with van der Waals surface area (Å²) in [6, 6.07) is 3.06. The molecule has 1 aliphatic rings. The number of aliphatic hydroxyl groups excluding tert-OH is 1. The number of hydrogen-bond donors (Lipinski definition) is 6. The summed E-state index contributed by atoms with van der Waals surface area (Å²) in [5.74, 6) is -2.37. The number of aliphatic hydroxyl groups is 1. The number of carboxylic acids is 1. The molecule has 3 atom stereocenters. The van der Waals surface area contributed by atoms with E-state index < -0.39 is 42.5 Å². The van der Waals surface area contributed by atoms with E-state index in [4.69, 9.17) is 0 Å². The number of nitrogens with one attached hydrogen (secondary N) is 3. The van der Waals surface area contributed by atoms with Gasteiger partial charge in [-0.05, 0) is 37.1 Å². The second-order valence-corrected chi connectivity index (χ2v) is 6.16. The van der Waals surface area contributed by atoms with Crippen LogP contribution in [0.5, 0.6) is 5.75 Å². The number of carbonyl (C=O) groups excluding carboxylic acids is 2. The molecule has 0 bridgehead atoms. The summed E-state index contributed by atoms with van der Waals surface area (Å²) >= 11 is 0. The number of amides is 2. The van der Waals surface area contributed by atoms with Gasteiger partial charge in [0.05, 0.1) is 12.6 Å². The fourth-order valence-corrected chi connectivity index (χ4v) is 2.71. The van der Waals surface area contributed by atoms with E-state index in [1.54, 1.807) is 12.1 Å². The SMILES string of the molecule is O=C(O)C(Cc1ccc(O)cc1)NC(=O)C(CO)NC(=O)C1CCCN1. The highest BCUT2D eigenvalue weighted by Crippen LogP contribution is 2.11. The van der Waals surface area contributed by atoms with Gasteiger partial charge in [0.1, 0.15) is 17.8 Å². The largest absolute Gasteiger partial charge is 0.508 e.